The molecule has 1 atom stereocenters. The van der Waals surface area contributed by atoms with Crippen molar-refractivity contribution in [2.24, 2.45) is 0 Å². The molecule has 10 heteroatoms. The van der Waals surface area contributed by atoms with Crippen molar-refractivity contribution in [3.05, 3.63) is 29.8 Å². The highest BCUT2D eigenvalue weighted by atomic mass is 35.5. The topological polar surface area (TPSA) is 52.7 Å². The SMILES string of the molecule is Cl.O=S(=O)(c1ccc(C(F)(F)F)cc1)N1CCC(N2CCNCC2)C1. The molecular formula is C15H21ClF3N3O2S. The number of nitrogens with zero attached hydrogens (tertiary/aromatic N) is 2. The maximum absolute atomic E-state index is 12.6. The minimum absolute atomic E-state index is 0. The summed E-state index contributed by atoms with van der Waals surface area (Å²) in [6.45, 7) is 4.35. The van der Waals surface area contributed by atoms with Gasteiger partial charge in [0.2, 0.25) is 10.0 Å². The van der Waals surface area contributed by atoms with E-state index < -0.39 is 21.8 Å². The summed E-state index contributed by atoms with van der Waals surface area (Å²) in [7, 11) is -3.75. The second-order valence-corrected chi connectivity index (χ2v) is 8.05. The first-order valence-corrected chi connectivity index (χ1v) is 9.35. The van der Waals surface area contributed by atoms with Gasteiger partial charge in [-0.1, -0.05) is 0 Å². The van der Waals surface area contributed by atoms with Crippen molar-refractivity contribution in [2.75, 3.05) is 39.3 Å². The van der Waals surface area contributed by atoms with Gasteiger partial charge in [-0.15, -0.1) is 12.4 Å². The van der Waals surface area contributed by atoms with Crippen molar-refractivity contribution < 1.29 is 21.6 Å². The summed E-state index contributed by atoms with van der Waals surface area (Å²) < 4.78 is 64.5. The van der Waals surface area contributed by atoms with Crippen LogP contribution in [0.4, 0.5) is 13.2 Å². The van der Waals surface area contributed by atoms with Crippen molar-refractivity contribution in [2.45, 2.75) is 23.5 Å². The summed E-state index contributed by atoms with van der Waals surface area (Å²) in [5.41, 5.74) is -0.846. The Balaban J connectivity index is 0.00000225. The van der Waals surface area contributed by atoms with Crippen molar-refractivity contribution in [3.63, 3.8) is 0 Å². The van der Waals surface area contributed by atoms with Crippen LogP contribution in [0.15, 0.2) is 29.2 Å². The molecule has 0 bridgehead atoms. The van der Waals surface area contributed by atoms with Crippen LogP contribution in [0.5, 0.6) is 0 Å². The molecule has 1 aromatic carbocycles. The maximum Gasteiger partial charge on any atom is 0.416 e. The number of hydrogen-bond donors (Lipinski definition) is 1. The second kappa shape index (κ2) is 7.79. The quantitative estimate of drug-likeness (QED) is 0.842. The zero-order chi connectivity index (χ0) is 17.4. The van der Waals surface area contributed by atoms with Crippen molar-refractivity contribution in [3.8, 4) is 0 Å². The fourth-order valence-corrected chi connectivity index (χ4v) is 4.73. The molecule has 0 radical (unpaired) electrons. The van der Waals surface area contributed by atoms with Crippen LogP contribution in [0.25, 0.3) is 0 Å². The molecule has 1 N–H and O–H groups in total. The average Bonchev–Trinajstić information content (AvgIpc) is 3.06. The van der Waals surface area contributed by atoms with Gasteiger partial charge in [0, 0.05) is 45.3 Å². The van der Waals surface area contributed by atoms with Crippen LogP contribution >= 0.6 is 12.4 Å². The molecule has 1 aromatic rings. The van der Waals surface area contributed by atoms with Crippen molar-refractivity contribution in [1.82, 2.24) is 14.5 Å². The molecule has 25 heavy (non-hydrogen) atoms. The molecule has 2 saturated heterocycles. The third-order valence-electron chi connectivity index (χ3n) is 4.61. The van der Waals surface area contributed by atoms with E-state index >= 15 is 0 Å². The largest absolute Gasteiger partial charge is 0.416 e. The Morgan fingerprint density at radius 2 is 1.64 bits per heavy atom. The summed E-state index contributed by atoms with van der Waals surface area (Å²) in [6, 6.07) is 3.89. The molecule has 0 spiro atoms. The van der Waals surface area contributed by atoms with Gasteiger partial charge in [-0.25, -0.2) is 8.42 Å². The van der Waals surface area contributed by atoms with Gasteiger partial charge in [0.15, 0.2) is 0 Å². The monoisotopic (exact) mass is 399 g/mol. The third-order valence-corrected chi connectivity index (χ3v) is 6.49. The number of nitrogens with one attached hydrogen (secondary N) is 1. The molecule has 2 heterocycles. The molecule has 142 valence electrons. The van der Waals surface area contributed by atoms with E-state index in [2.05, 4.69) is 10.2 Å². The summed E-state index contributed by atoms with van der Waals surface area (Å²) in [4.78, 5) is 2.19. The maximum atomic E-state index is 12.6. The van der Waals surface area contributed by atoms with E-state index in [9.17, 15) is 21.6 Å². The van der Waals surface area contributed by atoms with Gasteiger partial charge in [-0.2, -0.15) is 17.5 Å². The Hall–Kier alpha value is -0.870. The van der Waals surface area contributed by atoms with Gasteiger partial charge >= 0.3 is 6.18 Å². The smallest absolute Gasteiger partial charge is 0.314 e. The zero-order valence-corrected chi connectivity index (χ0v) is 15.1. The van der Waals surface area contributed by atoms with Gasteiger partial charge in [0.25, 0.3) is 0 Å². The first kappa shape index (κ1) is 20.4. The van der Waals surface area contributed by atoms with E-state index in [1.165, 1.54) is 4.31 Å². The second-order valence-electron chi connectivity index (χ2n) is 6.11. The summed E-state index contributed by atoms with van der Waals surface area (Å²) in [5, 5.41) is 3.26. The molecule has 2 aliphatic rings. The highest BCUT2D eigenvalue weighted by Crippen LogP contribution is 2.31. The third kappa shape index (κ3) is 4.46. The van der Waals surface area contributed by atoms with Crippen LogP contribution in [-0.4, -0.2) is 62.9 Å². The van der Waals surface area contributed by atoms with Gasteiger partial charge in [-0.05, 0) is 30.7 Å². The highest BCUT2D eigenvalue weighted by Gasteiger charge is 2.36. The van der Waals surface area contributed by atoms with Gasteiger partial charge in [-0.3, -0.25) is 4.90 Å². The van der Waals surface area contributed by atoms with E-state index in [0.29, 0.717) is 13.1 Å². The van der Waals surface area contributed by atoms with Gasteiger partial charge in [0.1, 0.15) is 0 Å². The van der Waals surface area contributed by atoms with Gasteiger partial charge < -0.3 is 5.32 Å². The summed E-state index contributed by atoms with van der Waals surface area (Å²) in [6.07, 6.45) is -3.72. The number of hydrogen-bond acceptors (Lipinski definition) is 4. The molecule has 3 rings (SSSR count). The molecule has 5 nitrogen and oxygen atoms in total. The highest BCUT2D eigenvalue weighted by molar-refractivity contribution is 7.89. The number of sulfonamides is 1. The molecule has 0 aliphatic carbocycles. The van der Waals surface area contributed by atoms with Crippen LogP contribution in [-0.2, 0) is 16.2 Å². The van der Waals surface area contributed by atoms with Crippen LogP contribution in [0.3, 0.4) is 0 Å². The Morgan fingerprint density at radius 3 is 2.20 bits per heavy atom. The van der Waals surface area contributed by atoms with E-state index in [1.807, 2.05) is 0 Å². The van der Waals surface area contributed by atoms with E-state index in [0.717, 1.165) is 56.9 Å². The minimum Gasteiger partial charge on any atom is -0.314 e. The van der Waals surface area contributed by atoms with Crippen molar-refractivity contribution in [1.29, 1.82) is 0 Å². The van der Waals surface area contributed by atoms with Crippen LogP contribution in [0, 0.1) is 0 Å². The molecule has 1 unspecified atom stereocenters. The Kier molecular flexibility index (Phi) is 6.37. The lowest BCUT2D eigenvalue weighted by Gasteiger charge is -2.32. The fourth-order valence-electron chi connectivity index (χ4n) is 3.24. The normalized spacial score (nSPS) is 23.4. The molecule has 2 aliphatic heterocycles. The zero-order valence-electron chi connectivity index (χ0n) is 13.5. The first-order valence-electron chi connectivity index (χ1n) is 7.91. The average molecular weight is 400 g/mol. The number of piperazine rings is 1. The minimum atomic E-state index is -4.47. The molecule has 0 aromatic heterocycles. The molecular weight excluding hydrogens is 379 g/mol. The predicted molar refractivity (Wildman–Crippen MR) is 90.3 cm³/mol. The number of rotatable bonds is 3. The Labute approximate surface area is 151 Å². The first-order chi connectivity index (χ1) is 11.3. The number of halogens is 4. The Morgan fingerprint density at radius 1 is 1.04 bits per heavy atom. The van der Waals surface area contributed by atoms with E-state index in [-0.39, 0.29) is 23.3 Å². The lowest BCUT2D eigenvalue weighted by Crippen LogP contribution is -2.49. The van der Waals surface area contributed by atoms with E-state index in [4.69, 9.17) is 0 Å². The predicted octanol–water partition coefficient (Wildman–Crippen LogP) is 1.80. The van der Waals surface area contributed by atoms with Crippen molar-refractivity contribution >= 4 is 22.4 Å². The standard InChI is InChI=1S/C15H20F3N3O2S.ClH/c16-15(17,18)12-1-3-14(4-2-12)24(22,23)21-8-5-13(11-21)20-9-6-19-7-10-20;/h1-4,13,19H,5-11H2;1H. The number of benzene rings is 1. The van der Waals surface area contributed by atoms with Crippen LogP contribution in [0.2, 0.25) is 0 Å². The van der Waals surface area contributed by atoms with E-state index in [1.54, 1.807) is 0 Å². The molecule has 2 fully saturated rings. The number of alkyl halides is 3. The Bertz CT molecular complexity index is 676. The van der Waals surface area contributed by atoms with Crippen LogP contribution in [0.1, 0.15) is 12.0 Å². The van der Waals surface area contributed by atoms with Gasteiger partial charge in [0.05, 0.1) is 10.5 Å². The summed E-state index contributed by atoms with van der Waals surface area (Å²) >= 11 is 0. The fraction of sp³-hybridized carbons (Fsp3) is 0.600. The molecule has 0 amide bonds. The lowest BCUT2D eigenvalue weighted by atomic mass is 10.2. The lowest BCUT2D eigenvalue weighted by molar-refractivity contribution is -0.137. The summed E-state index contributed by atoms with van der Waals surface area (Å²) in [5.74, 6) is 0. The molecule has 0 saturated carbocycles. The van der Waals surface area contributed by atoms with Crippen LogP contribution < -0.4 is 5.32 Å².